The maximum Gasteiger partial charge on any atom is 0.228 e. The zero-order valence-corrected chi connectivity index (χ0v) is 20.4. The number of fused-ring (bicyclic) bond motifs is 1. The molecule has 6 rings (SSSR count). The van der Waals surface area contributed by atoms with Gasteiger partial charge < -0.3 is 15.2 Å². The number of piperidine rings is 1. The van der Waals surface area contributed by atoms with Crippen molar-refractivity contribution in [1.29, 1.82) is 0 Å². The molecule has 2 N–H and O–H groups in total. The molecule has 3 aliphatic rings. The summed E-state index contributed by atoms with van der Waals surface area (Å²) in [6, 6.07) is 6.63. The van der Waals surface area contributed by atoms with E-state index >= 15 is 0 Å². The number of halogens is 1. The smallest absolute Gasteiger partial charge is 0.228 e. The van der Waals surface area contributed by atoms with Crippen molar-refractivity contribution in [1.82, 2.24) is 24.6 Å². The van der Waals surface area contributed by atoms with Crippen LogP contribution in [-0.2, 0) is 4.74 Å². The van der Waals surface area contributed by atoms with E-state index in [0.29, 0.717) is 31.1 Å². The van der Waals surface area contributed by atoms with Gasteiger partial charge in [-0.1, -0.05) is 11.6 Å². The Hall–Kier alpha value is -2.26. The lowest BCUT2D eigenvalue weighted by molar-refractivity contribution is -0.00211. The normalized spacial score (nSPS) is 26.4. The molecule has 8 nitrogen and oxygen atoms in total. The van der Waals surface area contributed by atoms with Crippen LogP contribution in [0.15, 0.2) is 24.4 Å². The average molecular weight is 483 g/mol. The first-order valence-corrected chi connectivity index (χ1v) is 12.6. The van der Waals surface area contributed by atoms with Gasteiger partial charge in [0.25, 0.3) is 0 Å². The molecule has 1 saturated carbocycles. The highest BCUT2D eigenvalue weighted by Crippen LogP contribution is 2.39. The first kappa shape index (κ1) is 22.2. The summed E-state index contributed by atoms with van der Waals surface area (Å²) in [4.78, 5) is 11.7. The second kappa shape index (κ2) is 8.45. The number of nitrogens with zero attached hydrogens (tertiary/aromatic N) is 5. The fourth-order valence-electron chi connectivity index (χ4n) is 5.42. The molecule has 2 aromatic heterocycles. The van der Waals surface area contributed by atoms with Crippen LogP contribution < -0.4 is 5.32 Å². The molecule has 2 aliphatic heterocycles. The van der Waals surface area contributed by atoms with Gasteiger partial charge in [0.15, 0.2) is 0 Å². The van der Waals surface area contributed by atoms with Crippen molar-refractivity contribution < 1.29 is 9.84 Å². The number of aryl methyl sites for hydroxylation is 1. The molecule has 0 unspecified atom stereocenters. The number of hydrogen-bond donors (Lipinski definition) is 2. The second-order valence-corrected chi connectivity index (χ2v) is 10.7. The van der Waals surface area contributed by atoms with Gasteiger partial charge in [-0.2, -0.15) is 5.10 Å². The molecule has 0 amide bonds. The zero-order valence-electron chi connectivity index (χ0n) is 19.7. The van der Waals surface area contributed by atoms with E-state index in [-0.39, 0.29) is 5.54 Å². The monoisotopic (exact) mass is 482 g/mol. The Balaban J connectivity index is 1.22. The summed E-state index contributed by atoms with van der Waals surface area (Å²) in [6.07, 6.45) is 5.71. The quantitative estimate of drug-likeness (QED) is 0.563. The molecular formula is C25H31ClN6O2. The highest BCUT2D eigenvalue weighted by Gasteiger charge is 2.45. The third-order valence-corrected chi connectivity index (χ3v) is 8.06. The van der Waals surface area contributed by atoms with E-state index in [9.17, 15) is 5.11 Å². The number of anilines is 2. The van der Waals surface area contributed by atoms with E-state index in [1.54, 1.807) is 0 Å². The van der Waals surface area contributed by atoms with Crippen molar-refractivity contribution in [2.24, 2.45) is 0 Å². The summed E-state index contributed by atoms with van der Waals surface area (Å²) < 4.78 is 7.60. The minimum absolute atomic E-state index is 0.294. The van der Waals surface area contributed by atoms with E-state index in [4.69, 9.17) is 21.3 Å². The molecule has 2 saturated heterocycles. The summed E-state index contributed by atoms with van der Waals surface area (Å²) >= 11 is 6.73. The Morgan fingerprint density at radius 2 is 1.97 bits per heavy atom. The predicted octanol–water partition coefficient (Wildman–Crippen LogP) is 4.20. The van der Waals surface area contributed by atoms with Crippen LogP contribution in [-0.4, -0.2) is 67.7 Å². The molecule has 3 aromatic rings. The Kier molecular flexibility index (Phi) is 5.52. The molecule has 3 fully saturated rings. The summed E-state index contributed by atoms with van der Waals surface area (Å²) in [7, 11) is 0. The molecule has 1 aliphatic carbocycles. The third-order valence-electron chi connectivity index (χ3n) is 7.73. The maximum atomic E-state index is 10.4. The van der Waals surface area contributed by atoms with Gasteiger partial charge in [-0.15, -0.1) is 0 Å². The lowest BCUT2D eigenvalue weighted by atomic mass is 9.85. The van der Waals surface area contributed by atoms with Crippen LogP contribution in [0.5, 0.6) is 0 Å². The van der Waals surface area contributed by atoms with Crippen molar-refractivity contribution in [2.45, 2.75) is 63.1 Å². The largest absolute Gasteiger partial charge is 0.389 e. The molecule has 34 heavy (non-hydrogen) atoms. The highest BCUT2D eigenvalue weighted by atomic mass is 35.5. The van der Waals surface area contributed by atoms with E-state index in [0.717, 1.165) is 58.9 Å². The van der Waals surface area contributed by atoms with E-state index in [2.05, 4.69) is 38.0 Å². The zero-order chi connectivity index (χ0) is 23.4. The van der Waals surface area contributed by atoms with Crippen molar-refractivity contribution in [3.63, 3.8) is 0 Å². The molecule has 9 heteroatoms. The Morgan fingerprint density at radius 3 is 2.68 bits per heavy atom. The predicted molar refractivity (Wildman–Crippen MR) is 132 cm³/mol. The number of rotatable bonds is 5. The number of aliphatic hydroxyl groups is 1. The van der Waals surface area contributed by atoms with Crippen LogP contribution in [0.2, 0.25) is 5.02 Å². The number of ether oxygens (including phenoxy) is 1. The van der Waals surface area contributed by atoms with Crippen molar-refractivity contribution in [2.75, 3.05) is 31.6 Å². The number of likely N-dealkylation sites (tertiary alicyclic amines) is 1. The molecule has 0 bridgehead atoms. The Labute approximate surface area is 204 Å². The van der Waals surface area contributed by atoms with Gasteiger partial charge in [-0.05, 0) is 76.2 Å². The van der Waals surface area contributed by atoms with Gasteiger partial charge >= 0.3 is 0 Å². The number of hydrogen-bond acceptors (Lipinski definition) is 7. The van der Waals surface area contributed by atoms with E-state index < -0.39 is 6.10 Å². The van der Waals surface area contributed by atoms with Gasteiger partial charge in [-0.25, -0.2) is 14.6 Å². The van der Waals surface area contributed by atoms with E-state index in [1.807, 2.05) is 25.3 Å². The van der Waals surface area contributed by atoms with Gasteiger partial charge in [0.05, 0.1) is 42.1 Å². The molecule has 1 aromatic carbocycles. The molecule has 2 atom stereocenters. The summed E-state index contributed by atoms with van der Waals surface area (Å²) in [5.74, 6) is 1.87. The highest BCUT2D eigenvalue weighted by molar-refractivity contribution is 6.32. The van der Waals surface area contributed by atoms with Gasteiger partial charge in [0.2, 0.25) is 5.95 Å². The van der Waals surface area contributed by atoms with Crippen molar-refractivity contribution >= 4 is 34.3 Å². The fourth-order valence-corrected chi connectivity index (χ4v) is 5.75. The number of nitrogens with one attached hydrogen (secondary N) is 1. The van der Waals surface area contributed by atoms with E-state index in [1.165, 1.54) is 12.8 Å². The van der Waals surface area contributed by atoms with Crippen LogP contribution in [0.1, 0.15) is 55.8 Å². The molecular weight excluding hydrogens is 452 g/mol. The van der Waals surface area contributed by atoms with Gasteiger partial charge in [0, 0.05) is 22.7 Å². The van der Waals surface area contributed by atoms with Gasteiger partial charge in [-0.3, -0.25) is 4.90 Å². The minimum Gasteiger partial charge on any atom is -0.389 e. The average Bonchev–Trinajstić information content (AvgIpc) is 3.53. The Morgan fingerprint density at radius 1 is 1.18 bits per heavy atom. The van der Waals surface area contributed by atoms with Crippen LogP contribution in [0.25, 0.3) is 10.9 Å². The molecule has 4 heterocycles. The van der Waals surface area contributed by atoms with Crippen LogP contribution in [0, 0.1) is 6.92 Å². The van der Waals surface area contributed by atoms with Crippen molar-refractivity contribution in [3.05, 3.63) is 40.7 Å². The molecule has 0 radical (unpaired) electrons. The summed E-state index contributed by atoms with van der Waals surface area (Å²) in [5, 5.41) is 20.1. The third kappa shape index (κ3) is 3.96. The number of aliphatic hydroxyl groups excluding tert-OH is 1. The minimum atomic E-state index is -0.434. The maximum absolute atomic E-state index is 10.4. The SMILES string of the molecule is Cc1cc(Nc2ncc3cc(Cl)c(C4CCN([C@@]5(C)COC[C@H]5O)CC4)cc3n2)n(C2CC2)n1. The van der Waals surface area contributed by atoms with Crippen LogP contribution in [0.4, 0.5) is 11.8 Å². The number of aromatic nitrogens is 4. The molecule has 0 spiro atoms. The van der Waals surface area contributed by atoms with Crippen molar-refractivity contribution in [3.8, 4) is 0 Å². The topological polar surface area (TPSA) is 88.3 Å². The van der Waals surface area contributed by atoms with Crippen LogP contribution in [0.3, 0.4) is 0 Å². The molecule has 180 valence electrons. The second-order valence-electron chi connectivity index (χ2n) is 10.2. The first-order chi connectivity index (χ1) is 16.4. The Bertz CT molecular complexity index is 1220. The van der Waals surface area contributed by atoms with Gasteiger partial charge in [0.1, 0.15) is 5.82 Å². The standard InChI is InChI=1S/C25H31ClN6O2/c1-15-9-23(32(30-15)18-3-4-18)29-24-27-12-17-10-20(26)19(11-21(17)28-24)16-5-7-31(8-6-16)25(2)14-34-13-22(25)33/h9-12,16,18,22,33H,3-8,13-14H2,1-2H3,(H,27,28,29)/t22-,25+/m1/s1. The lowest BCUT2D eigenvalue weighted by Crippen LogP contribution is -2.56. The van der Waals surface area contributed by atoms with Crippen LogP contribution >= 0.6 is 11.6 Å². The summed E-state index contributed by atoms with van der Waals surface area (Å²) in [6.45, 7) is 6.95. The first-order valence-electron chi connectivity index (χ1n) is 12.2. The summed E-state index contributed by atoms with van der Waals surface area (Å²) in [5.41, 5.74) is 2.73. The lowest BCUT2D eigenvalue weighted by Gasteiger charge is -2.43. The number of benzene rings is 1. The fraction of sp³-hybridized carbons (Fsp3) is 0.560.